The highest BCUT2D eigenvalue weighted by Gasteiger charge is 2.43. The fourth-order valence-corrected chi connectivity index (χ4v) is 4.15. The van der Waals surface area contributed by atoms with E-state index < -0.39 is 12.1 Å². The van der Waals surface area contributed by atoms with Crippen LogP contribution in [0.1, 0.15) is 25.6 Å². The van der Waals surface area contributed by atoms with Crippen LogP contribution in [0.4, 0.5) is 4.79 Å². The van der Waals surface area contributed by atoms with Crippen LogP contribution in [0.25, 0.3) is 11.0 Å². The Morgan fingerprint density at radius 1 is 1.29 bits per heavy atom. The molecule has 2 fully saturated rings. The molecule has 2 aromatic rings. The van der Waals surface area contributed by atoms with E-state index >= 15 is 0 Å². The lowest BCUT2D eigenvalue weighted by molar-refractivity contribution is -0.148. The van der Waals surface area contributed by atoms with Crippen LogP contribution in [0.3, 0.4) is 0 Å². The van der Waals surface area contributed by atoms with Gasteiger partial charge in [-0.15, -0.1) is 0 Å². The van der Waals surface area contributed by atoms with Crippen LogP contribution in [0, 0.1) is 0 Å². The minimum absolute atomic E-state index is 0.00102. The fourth-order valence-electron chi connectivity index (χ4n) is 4.15. The number of cyclic esters (lactones) is 1. The van der Waals surface area contributed by atoms with E-state index in [1.54, 1.807) is 11.8 Å². The molecule has 1 aromatic heterocycles. The van der Waals surface area contributed by atoms with Gasteiger partial charge in [-0.05, 0) is 31.9 Å². The third-order valence-electron chi connectivity index (χ3n) is 5.67. The predicted octanol–water partition coefficient (Wildman–Crippen LogP) is 1.92. The van der Waals surface area contributed by atoms with Gasteiger partial charge in [0.15, 0.2) is 6.04 Å². The van der Waals surface area contributed by atoms with Crippen LogP contribution >= 0.6 is 0 Å². The second-order valence-electron chi connectivity index (χ2n) is 7.34. The second kappa shape index (κ2) is 7.79. The van der Waals surface area contributed by atoms with Crippen LogP contribution in [-0.2, 0) is 27.9 Å². The van der Waals surface area contributed by atoms with Crippen LogP contribution in [0.5, 0.6) is 0 Å². The molecule has 0 bridgehead atoms. The lowest BCUT2D eigenvalue weighted by Crippen LogP contribution is -2.51. The number of hydrogen-bond donors (Lipinski definition) is 0. The van der Waals surface area contributed by atoms with E-state index in [4.69, 9.17) is 14.5 Å². The monoisotopic (exact) mass is 386 g/mol. The number of fused-ring (bicyclic) bond motifs is 1. The number of hydrogen-bond acceptors (Lipinski definition) is 6. The van der Waals surface area contributed by atoms with Gasteiger partial charge in [0.25, 0.3) is 0 Å². The third kappa shape index (κ3) is 3.44. The fraction of sp³-hybridized carbons (Fsp3) is 0.550. The topological polar surface area (TPSA) is 76.9 Å². The highest BCUT2D eigenvalue weighted by atomic mass is 16.6. The number of aryl methyl sites for hydroxylation is 1. The molecule has 28 heavy (non-hydrogen) atoms. The van der Waals surface area contributed by atoms with Gasteiger partial charge in [-0.3, -0.25) is 9.80 Å². The Kier molecular flexibility index (Phi) is 5.21. The summed E-state index contributed by atoms with van der Waals surface area (Å²) in [6.45, 7) is 4.59. The molecule has 1 aromatic carbocycles. The molecule has 1 amide bonds. The number of aromatic nitrogens is 2. The molecule has 0 radical (unpaired) electrons. The minimum atomic E-state index is -0.621. The van der Waals surface area contributed by atoms with Gasteiger partial charge in [-0.2, -0.15) is 0 Å². The van der Waals surface area contributed by atoms with Gasteiger partial charge in [0.1, 0.15) is 12.4 Å². The first-order valence-electron chi connectivity index (χ1n) is 9.83. The normalized spacial score (nSPS) is 21.3. The molecular formula is C20H26N4O4. The molecule has 2 aliphatic heterocycles. The second-order valence-corrected chi connectivity index (χ2v) is 7.34. The standard InChI is InChI=1S/C20H26N4O4/c1-3-27-19(25)17-13-28-20(26)24(17)14-8-10-23(11-9-14)12-18-21-15-6-4-5-7-16(15)22(18)2/h4-7,14,17H,3,8-13H2,1-2H3/t17-/m0/s1. The molecule has 0 saturated carbocycles. The van der Waals surface area contributed by atoms with Crippen LogP contribution in [-0.4, -0.2) is 69.8 Å². The maximum absolute atomic E-state index is 12.2. The number of amides is 1. The smallest absolute Gasteiger partial charge is 0.410 e. The van der Waals surface area contributed by atoms with Crippen molar-refractivity contribution in [1.29, 1.82) is 0 Å². The summed E-state index contributed by atoms with van der Waals surface area (Å²) in [5.74, 6) is 0.653. The first kappa shape index (κ1) is 18.7. The molecular weight excluding hydrogens is 360 g/mol. The number of likely N-dealkylation sites (tertiary alicyclic amines) is 1. The van der Waals surface area contributed by atoms with Crippen molar-refractivity contribution >= 4 is 23.1 Å². The van der Waals surface area contributed by atoms with Crippen molar-refractivity contribution in [3.8, 4) is 0 Å². The van der Waals surface area contributed by atoms with Crippen molar-refractivity contribution in [2.24, 2.45) is 7.05 Å². The first-order chi connectivity index (χ1) is 13.6. The van der Waals surface area contributed by atoms with Crippen molar-refractivity contribution in [2.75, 3.05) is 26.3 Å². The van der Waals surface area contributed by atoms with E-state index in [2.05, 4.69) is 15.5 Å². The summed E-state index contributed by atoms with van der Waals surface area (Å²) < 4.78 is 12.4. The highest BCUT2D eigenvalue weighted by molar-refractivity contribution is 5.84. The van der Waals surface area contributed by atoms with E-state index in [0.29, 0.717) is 6.61 Å². The Bertz CT molecular complexity index is 872. The van der Waals surface area contributed by atoms with Crippen molar-refractivity contribution in [1.82, 2.24) is 19.4 Å². The molecule has 4 rings (SSSR count). The number of rotatable bonds is 5. The number of benzene rings is 1. The molecule has 8 nitrogen and oxygen atoms in total. The average molecular weight is 386 g/mol. The Hall–Kier alpha value is -2.61. The number of imidazole rings is 1. The Balaban J connectivity index is 1.39. The summed E-state index contributed by atoms with van der Waals surface area (Å²) in [6, 6.07) is 7.50. The van der Waals surface area contributed by atoms with Crippen LogP contribution < -0.4 is 0 Å². The summed E-state index contributed by atoms with van der Waals surface area (Å²) in [6.07, 6.45) is 1.19. The lowest BCUT2D eigenvalue weighted by atomic mass is 10.0. The third-order valence-corrected chi connectivity index (χ3v) is 5.67. The molecule has 0 aliphatic carbocycles. The molecule has 1 atom stereocenters. The van der Waals surface area contributed by atoms with Crippen LogP contribution in [0.2, 0.25) is 0 Å². The van der Waals surface area contributed by atoms with Gasteiger partial charge in [0.05, 0.1) is 24.2 Å². The zero-order chi connectivity index (χ0) is 19.7. The van der Waals surface area contributed by atoms with Crippen molar-refractivity contribution in [2.45, 2.75) is 38.4 Å². The number of esters is 1. The first-order valence-corrected chi connectivity index (χ1v) is 9.83. The van der Waals surface area contributed by atoms with Crippen molar-refractivity contribution in [3.63, 3.8) is 0 Å². The van der Waals surface area contributed by atoms with Crippen LogP contribution in [0.15, 0.2) is 24.3 Å². The molecule has 3 heterocycles. The van der Waals surface area contributed by atoms with Gasteiger partial charge in [0.2, 0.25) is 0 Å². The molecule has 2 aliphatic rings. The van der Waals surface area contributed by atoms with E-state index in [1.807, 2.05) is 25.2 Å². The average Bonchev–Trinajstić information content (AvgIpc) is 3.23. The largest absolute Gasteiger partial charge is 0.464 e. The summed E-state index contributed by atoms with van der Waals surface area (Å²) in [4.78, 5) is 33.0. The molecule has 0 spiro atoms. The molecule has 0 unspecified atom stereocenters. The maximum Gasteiger partial charge on any atom is 0.410 e. The Labute approximate surface area is 164 Å². The van der Waals surface area contributed by atoms with Crippen molar-refractivity contribution < 1.29 is 19.1 Å². The van der Waals surface area contributed by atoms with Gasteiger partial charge in [0, 0.05) is 26.2 Å². The van der Waals surface area contributed by atoms with E-state index in [0.717, 1.165) is 49.3 Å². The highest BCUT2D eigenvalue weighted by Crippen LogP contribution is 2.25. The van der Waals surface area contributed by atoms with E-state index in [9.17, 15) is 9.59 Å². The number of piperidine rings is 1. The quantitative estimate of drug-likeness (QED) is 0.731. The predicted molar refractivity (Wildman–Crippen MR) is 103 cm³/mol. The maximum atomic E-state index is 12.2. The van der Waals surface area contributed by atoms with Crippen molar-refractivity contribution in [3.05, 3.63) is 30.1 Å². The lowest BCUT2D eigenvalue weighted by Gasteiger charge is -2.37. The zero-order valence-corrected chi connectivity index (χ0v) is 16.3. The number of para-hydroxylation sites is 2. The number of ether oxygens (including phenoxy) is 2. The SMILES string of the molecule is CCOC(=O)[C@@H]1COC(=O)N1C1CCN(Cc2nc3ccccc3n2C)CC1. The van der Waals surface area contributed by atoms with E-state index in [-0.39, 0.29) is 18.6 Å². The van der Waals surface area contributed by atoms with Gasteiger partial charge in [-0.25, -0.2) is 14.6 Å². The Morgan fingerprint density at radius 3 is 2.75 bits per heavy atom. The molecule has 8 heteroatoms. The summed E-state index contributed by atoms with van der Waals surface area (Å²) in [5.41, 5.74) is 2.14. The van der Waals surface area contributed by atoms with E-state index in [1.165, 1.54) is 0 Å². The number of carbonyl (C=O) groups excluding carboxylic acids is 2. The minimum Gasteiger partial charge on any atom is -0.464 e. The summed E-state index contributed by atoms with van der Waals surface area (Å²) >= 11 is 0. The van der Waals surface area contributed by atoms with Gasteiger partial charge in [-0.1, -0.05) is 12.1 Å². The number of carbonyl (C=O) groups is 2. The van der Waals surface area contributed by atoms with Gasteiger partial charge >= 0.3 is 12.1 Å². The number of nitrogens with zero attached hydrogens (tertiary/aromatic N) is 4. The molecule has 0 N–H and O–H groups in total. The molecule has 2 saturated heterocycles. The Morgan fingerprint density at radius 2 is 2.04 bits per heavy atom. The van der Waals surface area contributed by atoms with Gasteiger partial charge < -0.3 is 14.0 Å². The zero-order valence-electron chi connectivity index (χ0n) is 16.3. The molecule has 150 valence electrons. The summed E-state index contributed by atoms with van der Waals surface area (Å²) in [7, 11) is 2.04. The summed E-state index contributed by atoms with van der Waals surface area (Å²) in [5, 5.41) is 0.